The number of hydrogen-bond acceptors (Lipinski definition) is 3. The number of hydrogen-bond donors (Lipinski definition) is 2. The van der Waals surface area contributed by atoms with Gasteiger partial charge in [0.25, 0.3) is 0 Å². The molecule has 0 amide bonds. The topological polar surface area (TPSA) is 62.5 Å². The van der Waals surface area contributed by atoms with Crippen molar-refractivity contribution >= 4 is 28.5 Å². The first-order valence-corrected chi connectivity index (χ1v) is 7.13. The molecular weight excluding hydrogens is 278 g/mol. The molecule has 0 aliphatic rings. The maximum Gasteiger partial charge on any atom is 0.320 e. The lowest BCUT2D eigenvalue weighted by atomic mass is 10.1. The second-order valence-electron chi connectivity index (χ2n) is 4.76. The van der Waals surface area contributed by atoms with E-state index in [9.17, 15) is 9.90 Å². The zero-order valence-electron chi connectivity index (χ0n) is 11.4. The Balaban J connectivity index is 2.11. The van der Waals surface area contributed by atoms with Crippen LogP contribution in [0.25, 0.3) is 11.0 Å². The molecule has 1 atom stereocenters. The van der Waals surface area contributed by atoms with E-state index < -0.39 is 12.0 Å². The molecule has 5 heteroatoms. The van der Waals surface area contributed by atoms with Crippen molar-refractivity contribution in [3.63, 3.8) is 0 Å². The van der Waals surface area contributed by atoms with Gasteiger partial charge in [-0.1, -0.05) is 38.0 Å². The van der Waals surface area contributed by atoms with Crippen LogP contribution in [0.5, 0.6) is 0 Å². The summed E-state index contributed by atoms with van der Waals surface area (Å²) in [5.41, 5.74) is 1.53. The van der Waals surface area contributed by atoms with Crippen LogP contribution in [0.15, 0.2) is 28.7 Å². The first kappa shape index (κ1) is 14.9. The summed E-state index contributed by atoms with van der Waals surface area (Å²) in [6, 6.07) is 6.99. The van der Waals surface area contributed by atoms with Gasteiger partial charge in [0.15, 0.2) is 5.22 Å². The summed E-state index contributed by atoms with van der Waals surface area (Å²) in [5, 5.41) is 13.5. The molecule has 0 spiro atoms. The van der Waals surface area contributed by atoms with E-state index in [2.05, 4.69) is 5.32 Å². The number of furan rings is 1. The molecule has 1 aromatic carbocycles. The van der Waals surface area contributed by atoms with Gasteiger partial charge in [-0.2, -0.15) is 0 Å². The molecule has 20 heavy (non-hydrogen) atoms. The van der Waals surface area contributed by atoms with Crippen LogP contribution >= 0.6 is 11.6 Å². The number of aliphatic carboxylic acids is 1. The number of halogens is 1. The first-order valence-electron chi connectivity index (χ1n) is 6.75. The van der Waals surface area contributed by atoms with E-state index in [1.807, 2.05) is 31.2 Å². The van der Waals surface area contributed by atoms with Gasteiger partial charge in [-0.15, -0.1) is 0 Å². The number of benzene rings is 1. The Labute approximate surface area is 122 Å². The fourth-order valence-corrected chi connectivity index (χ4v) is 2.43. The Morgan fingerprint density at radius 3 is 2.90 bits per heavy atom. The molecule has 0 radical (unpaired) electrons. The van der Waals surface area contributed by atoms with E-state index in [1.165, 1.54) is 0 Å². The number of fused-ring (bicyclic) bond motifs is 1. The van der Waals surface area contributed by atoms with Crippen LogP contribution in [-0.2, 0) is 11.3 Å². The molecule has 0 saturated heterocycles. The highest BCUT2D eigenvalue weighted by atomic mass is 35.5. The van der Waals surface area contributed by atoms with Crippen LogP contribution < -0.4 is 5.32 Å². The molecule has 0 bridgehead atoms. The van der Waals surface area contributed by atoms with E-state index in [1.54, 1.807) is 0 Å². The molecular formula is C15H18ClNO3. The summed E-state index contributed by atoms with van der Waals surface area (Å²) in [6.07, 6.45) is 2.46. The lowest BCUT2D eigenvalue weighted by Crippen LogP contribution is -2.36. The second kappa shape index (κ2) is 6.77. The summed E-state index contributed by atoms with van der Waals surface area (Å²) in [7, 11) is 0. The highest BCUT2D eigenvalue weighted by molar-refractivity contribution is 6.30. The highest BCUT2D eigenvalue weighted by Crippen LogP contribution is 2.29. The van der Waals surface area contributed by atoms with Crippen LogP contribution in [-0.4, -0.2) is 17.1 Å². The van der Waals surface area contributed by atoms with Crippen molar-refractivity contribution in [2.45, 2.75) is 38.8 Å². The van der Waals surface area contributed by atoms with E-state index in [4.69, 9.17) is 16.0 Å². The minimum atomic E-state index is -0.831. The van der Waals surface area contributed by atoms with Gasteiger partial charge < -0.3 is 14.8 Å². The van der Waals surface area contributed by atoms with E-state index in [-0.39, 0.29) is 0 Å². The quantitative estimate of drug-likeness (QED) is 0.815. The Morgan fingerprint density at radius 1 is 1.45 bits per heavy atom. The number of unbranched alkanes of at least 4 members (excludes halogenated alkanes) is 1. The summed E-state index contributed by atoms with van der Waals surface area (Å²) in [5.74, 6) is -0.831. The van der Waals surface area contributed by atoms with Crippen LogP contribution in [0, 0.1) is 0 Å². The van der Waals surface area contributed by atoms with Crippen molar-refractivity contribution in [3.8, 4) is 0 Å². The number of nitrogens with one attached hydrogen (secondary N) is 1. The van der Waals surface area contributed by atoms with E-state index >= 15 is 0 Å². The zero-order chi connectivity index (χ0) is 14.5. The van der Waals surface area contributed by atoms with Crippen molar-refractivity contribution in [1.29, 1.82) is 0 Å². The Morgan fingerprint density at radius 2 is 2.20 bits per heavy atom. The van der Waals surface area contributed by atoms with E-state index in [0.29, 0.717) is 18.2 Å². The van der Waals surface area contributed by atoms with Gasteiger partial charge in [-0.3, -0.25) is 4.79 Å². The van der Waals surface area contributed by atoms with Crippen molar-refractivity contribution in [2.75, 3.05) is 0 Å². The maximum absolute atomic E-state index is 11.2. The van der Waals surface area contributed by atoms with E-state index in [0.717, 1.165) is 29.4 Å². The minimum Gasteiger partial charge on any atom is -0.480 e. The molecule has 0 saturated carbocycles. The third kappa shape index (κ3) is 3.32. The van der Waals surface area contributed by atoms with Crippen molar-refractivity contribution in [2.24, 2.45) is 0 Å². The van der Waals surface area contributed by atoms with Crippen LogP contribution in [0.1, 0.15) is 31.7 Å². The van der Waals surface area contributed by atoms with Gasteiger partial charge in [0.2, 0.25) is 0 Å². The Bertz CT molecular complexity index is 594. The summed E-state index contributed by atoms with van der Waals surface area (Å²) >= 11 is 6.08. The van der Waals surface area contributed by atoms with Gasteiger partial charge in [0, 0.05) is 17.5 Å². The van der Waals surface area contributed by atoms with Gasteiger partial charge in [0.1, 0.15) is 11.6 Å². The van der Waals surface area contributed by atoms with Crippen molar-refractivity contribution in [1.82, 2.24) is 5.32 Å². The zero-order valence-corrected chi connectivity index (χ0v) is 12.1. The van der Waals surface area contributed by atoms with Gasteiger partial charge in [-0.25, -0.2) is 0 Å². The SMILES string of the molecule is CCCCC(NCc1c(Cl)oc2ccccc12)C(=O)O. The minimum absolute atomic E-state index is 0.318. The molecule has 0 aliphatic heterocycles. The number of para-hydroxylation sites is 1. The normalized spacial score (nSPS) is 12.7. The molecule has 1 aromatic heterocycles. The van der Waals surface area contributed by atoms with Gasteiger partial charge in [-0.05, 0) is 24.1 Å². The average Bonchev–Trinajstić information content (AvgIpc) is 2.74. The predicted molar refractivity (Wildman–Crippen MR) is 79.0 cm³/mol. The van der Waals surface area contributed by atoms with Crippen molar-refractivity contribution < 1.29 is 14.3 Å². The summed E-state index contributed by atoms with van der Waals surface area (Å²) in [6.45, 7) is 2.43. The molecule has 0 aliphatic carbocycles. The standard InChI is InChI=1S/C15H18ClNO3/c1-2-3-7-12(15(18)19)17-9-11-10-6-4-5-8-13(10)20-14(11)16/h4-6,8,12,17H,2-3,7,9H2,1H3,(H,18,19). The number of carbonyl (C=O) groups is 1. The molecule has 1 heterocycles. The van der Waals surface area contributed by atoms with Gasteiger partial charge in [0.05, 0.1) is 0 Å². The molecule has 0 fully saturated rings. The van der Waals surface area contributed by atoms with Crippen LogP contribution in [0.3, 0.4) is 0 Å². The lowest BCUT2D eigenvalue weighted by Gasteiger charge is -2.13. The third-order valence-electron chi connectivity index (χ3n) is 3.32. The molecule has 2 rings (SSSR count). The number of rotatable bonds is 7. The smallest absolute Gasteiger partial charge is 0.320 e. The van der Waals surface area contributed by atoms with Crippen LogP contribution in [0.2, 0.25) is 5.22 Å². The van der Waals surface area contributed by atoms with Crippen molar-refractivity contribution in [3.05, 3.63) is 35.0 Å². The summed E-state index contributed by atoms with van der Waals surface area (Å²) in [4.78, 5) is 11.2. The molecule has 4 nitrogen and oxygen atoms in total. The summed E-state index contributed by atoms with van der Waals surface area (Å²) < 4.78 is 5.45. The predicted octanol–water partition coefficient (Wildman–Crippen LogP) is 3.82. The first-order chi connectivity index (χ1) is 9.63. The Hall–Kier alpha value is -1.52. The number of carboxylic acids is 1. The molecule has 2 aromatic rings. The largest absolute Gasteiger partial charge is 0.480 e. The monoisotopic (exact) mass is 295 g/mol. The number of carboxylic acid groups (broad SMARTS) is 1. The van der Waals surface area contributed by atoms with Crippen LogP contribution in [0.4, 0.5) is 0 Å². The third-order valence-corrected chi connectivity index (χ3v) is 3.62. The fourth-order valence-electron chi connectivity index (χ4n) is 2.18. The molecule has 1 unspecified atom stereocenters. The average molecular weight is 296 g/mol. The lowest BCUT2D eigenvalue weighted by molar-refractivity contribution is -0.139. The second-order valence-corrected chi connectivity index (χ2v) is 5.11. The van der Waals surface area contributed by atoms with Gasteiger partial charge >= 0.3 is 5.97 Å². The highest BCUT2D eigenvalue weighted by Gasteiger charge is 2.18. The Kier molecular flexibility index (Phi) is 5.04. The maximum atomic E-state index is 11.2. The fraction of sp³-hybridized carbons (Fsp3) is 0.400. The molecule has 2 N–H and O–H groups in total. The molecule has 108 valence electrons.